The van der Waals surface area contributed by atoms with Gasteiger partial charge in [-0.3, -0.25) is 13.9 Å². The third-order valence-electron chi connectivity index (χ3n) is 6.60. The second kappa shape index (κ2) is 13.0. The molecule has 0 saturated carbocycles. The number of nitrogens with zero attached hydrogens (tertiary/aromatic N) is 2. The lowest BCUT2D eigenvalue weighted by Gasteiger charge is -2.33. The maximum atomic E-state index is 14.0. The predicted octanol–water partition coefficient (Wildman–Crippen LogP) is 4.71. The van der Waals surface area contributed by atoms with Crippen molar-refractivity contribution in [1.82, 2.24) is 10.2 Å². The number of nitrogens with one attached hydrogen (secondary N) is 1. The van der Waals surface area contributed by atoms with Crippen LogP contribution in [0.2, 0.25) is 5.02 Å². The zero-order chi connectivity index (χ0) is 28.7. The molecular formula is C29H34ClN3O5S. The Hall–Kier alpha value is -3.56. The quantitative estimate of drug-likeness (QED) is 0.359. The Kier molecular flexibility index (Phi) is 9.99. The van der Waals surface area contributed by atoms with E-state index in [4.69, 9.17) is 16.3 Å². The number of aryl methyl sites for hydroxylation is 2. The van der Waals surface area contributed by atoms with Crippen molar-refractivity contribution < 1.29 is 22.7 Å². The number of carbonyl (C=O) groups excluding carboxylic acids is 2. The van der Waals surface area contributed by atoms with Gasteiger partial charge in [0.15, 0.2) is 0 Å². The van der Waals surface area contributed by atoms with E-state index >= 15 is 0 Å². The average molecular weight is 572 g/mol. The number of rotatable bonds is 11. The molecule has 0 unspecified atom stereocenters. The molecule has 0 aliphatic carbocycles. The number of anilines is 1. The monoisotopic (exact) mass is 571 g/mol. The standard InChI is InChI=1S/C29H34ClN3O5S/c1-6-27(29(35)31-4)32(18-22-8-13-25(38-5)14-9-22)28(34)19-33(24-12-7-20(2)21(3)17-24)39(36,37)26-15-10-23(30)11-16-26/h7-17,27H,6,18-19H2,1-5H3,(H,31,35)/t27-/m1/s1. The van der Waals surface area contributed by atoms with Crippen molar-refractivity contribution >= 4 is 39.1 Å². The van der Waals surface area contributed by atoms with Crippen LogP contribution in [0, 0.1) is 13.8 Å². The van der Waals surface area contributed by atoms with Gasteiger partial charge in [0.1, 0.15) is 18.3 Å². The molecule has 3 aromatic carbocycles. The van der Waals surface area contributed by atoms with Crippen molar-refractivity contribution in [3.05, 3.63) is 88.4 Å². The number of halogens is 1. The van der Waals surface area contributed by atoms with Gasteiger partial charge in [-0.2, -0.15) is 0 Å². The summed E-state index contributed by atoms with van der Waals surface area (Å²) in [6, 6.07) is 17.4. The molecule has 0 aromatic heterocycles. The molecule has 8 nitrogen and oxygen atoms in total. The lowest BCUT2D eigenvalue weighted by atomic mass is 10.1. The van der Waals surface area contributed by atoms with E-state index in [-0.39, 0.29) is 17.3 Å². The largest absolute Gasteiger partial charge is 0.497 e. The van der Waals surface area contributed by atoms with Crippen molar-refractivity contribution in [2.45, 2.75) is 44.7 Å². The minimum atomic E-state index is -4.16. The van der Waals surface area contributed by atoms with E-state index in [0.29, 0.717) is 22.9 Å². The zero-order valence-corrected chi connectivity index (χ0v) is 24.3. The number of ether oxygens (including phenoxy) is 1. The smallest absolute Gasteiger partial charge is 0.264 e. The van der Waals surface area contributed by atoms with Gasteiger partial charge in [0.05, 0.1) is 17.7 Å². The van der Waals surface area contributed by atoms with E-state index in [1.165, 1.54) is 36.2 Å². The molecule has 0 aliphatic rings. The van der Waals surface area contributed by atoms with Crippen LogP contribution < -0.4 is 14.4 Å². The van der Waals surface area contributed by atoms with Gasteiger partial charge in [0.2, 0.25) is 11.8 Å². The first-order valence-electron chi connectivity index (χ1n) is 12.5. The van der Waals surface area contributed by atoms with Crippen molar-refractivity contribution in [3.63, 3.8) is 0 Å². The molecule has 208 valence electrons. The van der Waals surface area contributed by atoms with E-state index in [1.807, 2.05) is 19.9 Å². The summed E-state index contributed by atoms with van der Waals surface area (Å²) in [5, 5.41) is 3.01. The normalized spacial score (nSPS) is 11.9. The Morgan fingerprint density at radius 2 is 1.62 bits per heavy atom. The van der Waals surface area contributed by atoms with E-state index in [0.717, 1.165) is 21.0 Å². The number of methoxy groups -OCH3 is 1. The van der Waals surface area contributed by atoms with Gasteiger partial charge in [0, 0.05) is 18.6 Å². The molecule has 0 spiro atoms. The minimum absolute atomic E-state index is 0.00187. The van der Waals surface area contributed by atoms with Crippen LogP contribution in [-0.4, -0.2) is 51.9 Å². The second-order valence-electron chi connectivity index (χ2n) is 9.14. The van der Waals surface area contributed by atoms with E-state index in [9.17, 15) is 18.0 Å². The summed E-state index contributed by atoms with van der Waals surface area (Å²) >= 11 is 6.00. The number of amides is 2. The lowest BCUT2D eigenvalue weighted by Crippen LogP contribution is -2.51. The number of hydrogen-bond acceptors (Lipinski definition) is 5. The highest BCUT2D eigenvalue weighted by Gasteiger charge is 2.33. The van der Waals surface area contributed by atoms with E-state index < -0.39 is 28.5 Å². The minimum Gasteiger partial charge on any atom is -0.497 e. The summed E-state index contributed by atoms with van der Waals surface area (Å²) in [6.45, 7) is 5.21. The molecule has 0 saturated heterocycles. The molecule has 2 amide bonds. The van der Waals surface area contributed by atoms with Gasteiger partial charge in [-0.1, -0.05) is 36.7 Å². The van der Waals surface area contributed by atoms with Gasteiger partial charge in [-0.25, -0.2) is 8.42 Å². The molecule has 0 fully saturated rings. The van der Waals surface area contributed by atoms with Crippen LogP contribution in [0.4, 0.5) is 5.69 Å². The topological polar surface area (TPSA) is 96.0 Å². The van der Waals surface area contributed by atoms with Crippen LogP contribution in [0.3, 0.4) is 0 Å². The molecule has 0 radical (unpaired) electrons. The summed E-state index contributed by atoms with van der Waals surface area (Å²) in [7, 11) is -1.09. The molecular weight excluding hydrogens is 538 g/mol. The van der Waals surface area contributed by atoms with Gasteiger partial charge in [-0.15, -0.1) is 0 Å². The first-order valence-corrected chi connectivity index (χ1v) is 14.3. The third-order valence-corrected chi connectivity index (χ3v) is 8.64. The van der Waals surface area contributed by atoms with E-state index in [1.54, 1.807) is 50.4 Å². The van der Waals surface area contributed by atoms with Crippen molar-refractivity contribution in [1.29, 1.82) is 0 Å². The predicted molar refractivity (Wildman–Crippen MR) is 154 cm³/mol. The summed E-state index contributed by atoms with van der Waals surface area (Å²) in [6.07, 6.45) is 0.342. The van der Waals surface area contributed by atoms with Crippen LogP contribution in [0.1, 0.15) is 30.0 Å². The van der Waals surface area contributed by atoms with Crippen LogP contribution >= 0.6 is 11.6 Å². The fourth-order valence-corrected chi connectivity index (χ4v) is 5.69. The highest BCUT2D eigenvalue weighted by atomic mass is 35.5. The van der Waals surface area contributed by atoms with Crippen molar-refractivity contribution in [2.75, 3.05) is 25.0 Å². The highest BCUT2D eigenvalue weighted by molar-refractivity contribution is 7.92. The molecule has 3 aromatic rings. The number of likely N-dealkylation sites (N-methyl/N-ethyl adjacent to an activating group) is 1. The fraction of sp³-hybridized carbons (Fsp3) is 0.310. The summed E-state index contributed by atoms with van der Waals surface area (Å²) in [5.74, 6) is -0.195. The molecule has 0 heterocycles. The molecule has 39 heavy (non-hydrogen) atoms. The molecule has 3 rings (SSSR count). The van der Waals surface area contributed by atoms with Crippen molar-refractivity contribution in [2.24, 2.45) is 0 Å². The van der Waals surface area contributed by atoms with Crippen LogP contribution in [0.15, 0.2) is 71.6 Å². The SMILES string of the molecule is CC[C@H](C(=O)NC)N(Cc1ccc(OC)cc1)C(=O)CN(c1ccc(C)c(C)c1)S(=O)(=O)c1ccc(Cl)cc1. The average Bonchev–Trinajstić information content (AvgIpc) is 2.93. The number of hydrogen-bond donors (Lipinski definition) is 1. The Labute approximate surface area is 235 Å². The molecule has 0 aliphatic heterocycles. The number of sulfonamides is 1. The Balaban J connectivity index is 2.07. The maximum Gasteiger partial charge on any atom is 0.264 e. The van der Waals surface area contributed by atoms with Crippen LogP contribution in [0.25, 0.3) is 0 Å². The summed E-state index contributed by atoms with van der Waals surface area (Å²) < 4.78 is 34.1. The van der Waals surface area contributed by atoms with Gasteiger partial charge >= 0.3 is 0 Å². The van der Waals surface area contributed by atoms with Crippen LogP contribution in [-0.2, 0) is 26.2 Å². The summed E-state index contributed by atoms with van der Waals surface area (Å²) in [4.78, 5) is 28.2. The van der Waals surface area contributed by atoms with Crippen LogP contribution in [0.5, 0.6) is 5.75 Å². The molecule has 10 heteroatoms. The van der Waals surface area contributed by atoms with Gasteiger partial charge < -0.3 is 15.0 Å². The van der Waals surface area contributed by atoms with Gasteiger partial charge in [-0.05, 0) is 85.5 Å². The summed E-state index contributed by atoms with van der Waals surface area (Å²) in [5.41, 5.74) is 2.98. The Morgan fingerprint density at radius 3 is 2.15 bits per heavy atom. The zero-order valence-electron chi connectivity index (χ0n) is 22.8. The highest BCUT2D eigenvalue weighted by Crippen LogP contribution is 2.27. The Bertz CT molecular complexity index is 1410. The Morgan fingerprint density at radius 1 is 0.974 bits per heavy atom. The molecule has 0 bridgehead atoms. The first-order chi connectivity index (χ1) is 18.5. The van der Waals surface area contributed by atoms with E-state index in [2.05, 4.69) is 5.32 Å². The van der Waals surface area contributed by atoms with Gasteiger partial charge in [0.25, 0.3) is 10.0 Å². The number of benzene rings is 3. The third kappa shape index (κ3) is 7.10. The lowest BCUT2D eigenvalue weighted by molar-refractivity contribution is -0.140. The number of carbonyl (C=O) groups is 2. The fourth-order valence-electron chi connectivity index (χ4n) is 4.16. The first kappa shape index (κ1) is 30.0. The molecule has 1 atom stereocenters. The molecule has 1 N–H and O–H groups in total. The second-order valence-corrected chi connectivity index (χ2v) is 11.4. The van der Waals surface area contributed by atoms with Crippen molar-refractivity contribution in [3.8, 4) is 5.75 Å². The maximum absolute atomic E-state index is 14.0.